The van der Waals surface area contributed by atoms with Gasteiger partial charge in [-0.2, -0.15) is 0 Å². The third-order valence-corrected chi connectivity index (χ3v) is 6.77. The lowest BCUT2D eigenvalue weighted by Crippen LogP contribution is -2.22. The van der Waals surface area contributed by atoms with Gasteiger partial charge in [0, 0.05) is 5.41 Å². The number of ether oxygens (including phenoxy) is 2. The van der Waals surface area contributed by atoms with Crippen LogP contribution in [0, 0.1) is 5.41 Å². The molecule has 1 unspecified atom stereocenters. The molecule has 0 bridgehead atoms. The summed E-state index contributed by atoms with van der Waals surface area (Å²) < 4.78 is 12.0. The van der Waals surface area contributed by atoms with Crippen molar-refractivity contribution in [1.29, 1.82) is 0 Å². The predicted molar refractivity (Wildman–Crippen MR) is 100 cm³/mol. The lowest BCUT2D eigenvalue weighted by atomic mass is 10.0. The molecule has 0 fully saturated rings. The first-order valence-electron chi connectivity index (χ1n) is 8.38. The number of rotatable bonds is 9. The number of benzene rings is 1. The average molecular weight is 331 g/mol. The second-order valence-corrected chi connectivity index (χ2v) is 12.8. The molecule has 0 saturated heterocycles. The van der Waals surface area contributed by atoms with Crippen molar-refractivity contribution in [3.05, 3.63) is 59.3 Å². The Morgan fingerprint density at radius 2 is 1.83 bits per heavy atom. The molecule has 1 aromatic rings. The zero-order valence-corrected chi connectivity index (χ0v) is 16.2. The Bertz CT molecular complexity index is 567. The van der Waals surface area contributed by atoms with Crippen LogP contribution in [-0.4, -0.2) is 27.4 Å². The van der Waals surface area contributed by atoms with E-state index in [9.17, 15) is 0 Å². The fraction of sp³-hybridized carbons (Fsp3) is 0.500. The van der Waals surface area contributed by atoms with Crippen LogP contribution < -0.4 is 0 Å². The molecular formula is C20H30O2Si. The second-order valence-electron chi connectivity index (χ2n) is 7.78. The van der Waals surface area contributed by atoms with Crippen molar-refractivity contribution in [3.8, 4) is 0 Å². The fourth-order valence-corrected chi connectivity index (χ4v) is 6.89. The van der Waals surface area contributed by atoms with Crippen LogP contribution in [0.3, 0.4) is 0 Å². The van der Waals surface area contributed by atoms with E-state index in [1.165, 1.54) is 11.1 Å². The Labute approximate surface area is 142 Å². The van der Waals surface area contributed by atoms with Crippen LogP contribution >= 0.6 is 0 Å². The van der Waals surface area contributed by atoms with E-state index in [4.69, 9.17) is 9.47 Å². The minimum Gasteiger partial charge on any atom is -0.374 e. The summed E-state index contributed by atoms with van der Waals surface area (Å²) in [7, 11) is -1.31. The van der Waals surface area contributed by atoms with Crippen molar-refractivity contribution in [2.75, 3.05) is 13.2 Å². The molecule has 0 amide bonds. The van der Waals surface area contributed by atoms with Gasteiger partial charge in [-0.1, -0.05) is 75.1 Å². The molecule has 0 aliphatic heterocycles. The Morgan fingerprint density at radius 1 is 1.17 bits per heavy atom. The molecule has 0 heterocycles. The van der Waals surface area contributed by atoms with Gasteiger partial charge in [-0.3, -0.25) is 0 Å². The molecule has 2 rings (SSSR count). The smallest absolute Gasteiger partial charge is 0.103 e. The van der Waals surface area contributed by atoms with E-state index in [0.29, 0.717) is 19.8 Å². The normalized spacial score (nSPS) is 18.0. The van der Waals surface area contributed by atoms with Gasteiger partial charge >= 0.3 is 0 Å². The Morgan fingerprint density at radius 3 is 2.35 bits per heavy atom. The molecule has 0 saturated carbocycles. The second kappa shape index (κ2) is 7.16. The number of hydrogen-bond donors (Lipinski definition) is 0. The standard InChI is InChI=1S/C20H30O2Si/c1-7-13-22-17(15-21-14-16-11-9-8-10-12-16)18-19(20(18,2)3)23(4,5)6/h7-12,17H,1,13-15H2,2-6H3. The van der Waals surface area contributed by atoms with E-state index in [2.05, 4.69) is 52.2 Å². The number of allylic oxidation sites excluding steroid dienone is 1. The first-order valence-corrected chi connectivity index (χ1v) is 11.9. The van der Waals surface area contributed by atoms with Crippen LogP contribution in [0.4, 0.5) is 0 Å². The van der Waals surface area contributed by atoms with Crippen LogP contribution in [0.15, 0.2) is 53.8 Å². The molecule has 1 atom stereocenters. The monoisotopic (exact) mass is 330 g/mol. The SMILES string of the molecule is C=CCOC(COCc1ccccc1)C1=C([Si](C)(C)C)C1(C)C. The molecule has 23 heavy (non-hydrogen) atoms. The van der Waals surface area contributed by atoms with E-state index in [1.807, 2.05) is 24.3 Å². The highest BCUT2D eigenvalue weighted by Gasteiger charge is 2.53. The van der Waals surface area contributed by atoms with Crippen molar-refractivity contribution in [2.24, 2.45) is 5.41 Å². The van der Waals surface area contributed by atoms with Gasteiger partial charge in [-0.25, -0.2) is 0 Å². The van der Waals surface area contributed by atoms with Gasteiger partial charge in [0.15, 0.2) is 0 Å². The van der Waals surface area contributed by atoms with E-state index in [0.717, 1.165) is 0 Å². The predicted octanol–water partition coefficient (Wildman–Crippen LogP) is 4.99. The Balaban J connectivity index is 2.03. The molecular weight excluding hydrogens is 300 g/mol. The summed E-state index contributed by atoms with van der Waals surface area (Å²) in [6, 6.07) is 10.3. The van der Waals surface area contributed by atoms with Gasteiger partial charge in [0.2, 0.25) is 0 Å². The maximum Gasteiger partial charge on any atom is 0.103 e. The zero-order valence-electron chi connectivity index (χ0n) is 15.2. The number of hydrogen-bond acceptors (Lipinski definition) is 2. The van der Waals surface area contributed by atoms with Crippen LogP contribution in [0.25, 0.3) is 0 Å². The highest BCUT2D eigenvalue weighted by Crippen LogP contribution is 2.58. The van der Waals surface area contributed by atoms with Crippen molar-refractivity contribution >= 4 is 8.07 Å². The molecule has 1 aliphatic carbocycles. The molecule has 0 radical (unpaired) electrons. The highest BCUT2D eigenvalue weighted by molar-refractivity contribution is 6.84. The van der Waals surface area contributed by atoms with Crippen LogP contribution in [-0.2, 0) is 16.1 Å². The van der Waals surface area contributed by atoms with Gasteiger partial charge in [0.25, 0.3) is 0 Å². The largest absolute Gasteiger partial charge is 0.374 e. The molecule has 0 aromatic heterocycles. The molecule has 3 heteroatoms. The topological polar surface area (TPSA) is 18.5 Å². The first kappa shape index (κ1) is 18.2. The summed E-state index contributed by atoms with van der Waals surface area (Å²) in [6.07, 6.45) is 1.86. The fourth-order valence-electron chi connectivity index (χ4n) is 3.66. The van der Waals surface area contributed by atoms with Gasteiger partial charge in [0.1, 0.15) is 6.10 Å². The quantitative estimate of drug-likeness (QED) is 0.469. The van der Waals surface area contributed by atoms with Gasteiger partial charge < -0.3 is 9.47 Å². The zero-order chi connectivity index (χ0) is 17.1. The molecule has 1 aliphatic rings. The lowest BCUT2D eigenvalue weighted by molar-refractivity contribution is 0.00631. The molecule has 0 spiro atoms. The Hall–Kier alpha value is -1.16. The minimum absolute atomic E-state index is 0.0495. The first-order chi connectivity index (χ1) is 10.8. The minimum atomic E-state index is -1.31. The molecule has 126 valence electrons. The maximum atomic E-state index is 6.04. The van der Waals surface area contributed by atoms with Gasteiger partial charge in [-0.15, -0.1) is 6.58 Å². The van der Waals surface area contributed by atoms with Crippen molar-refractivity contribution in [2.45, 2.75) is 46.2 Å². The van der Waals surface area contributed by atoms with Crippen LogP contribution in [0.2, 0.25) is 19.6 Å². The van der Waals surface area contributed by atoms with E-state index in [1.54, 1.807) is 5.20 Å². The highest BCUT2D eigenvalue weighted by atomic mass is 28.3. The average Bonchev–Trinajstić information content (AvgIpc) is 3.07. The third kappa shape index (κ3) is 4.43. The van der Waals surface area contributed by atoms with Crippen LogP contribution in [0.1, 0.15) is 19.4 Å². The van der Waals surface area contributed by atoms with E-state index < -0.39 is 8.07 Å². The van der Waals surface area contributed by atoms with Crippen molar-refractivity contribution in [3.63, 3.8) is 0 Å². The molecule has 1 aromatic carbocycles. The van der Waals surface area contributed by atoms with Gasteiger partial charge in [-0.05, 0) is 11.1 Å². The Kier molecular flexibility index (Phi) is 5.66. The third-order valence-electron chi connectivity index (χ3n) is 4.37. The summed E-state index contributed by atoms with van der Waals surface area (Å²) >= 11 is 0. The van der Waals surface area contributed by atoms with E-state index in [-0.39, 0.29) is 11.5 Å². The van der Waals surface area contributed by atoms with E-state index >= 15 is 0 Å². The summed E-state index contributed by atoms with van der Waals surface area (Å²) in [4.78, 5) is 0. The summed E-state index contributed by atoms with van der Waals surface area (Å²) in [5.74, 6) is 0. The van der Waals surface area contributed by atoms with Crippen LogP contribution in [0.5, 0.6) is 0 Å². The van der Waals surface area contributed by atoms with Gasteiger partial charge in [0.05, 0.1) is 27.9 Å². The van der Waals surface area contributed by atoms with Crippen molar-refractivity contribution < 1.29 is 9.47 Å². The van der Waals surface area contributed by atoms with Crippen molar-refractivity contribution in [1.82, 2.24) is 0 Å². The summed E-state index contributed by atoms with van der Waals surface area (Å²) in [6.45, 7) is 17.4. The lowest BCUT2D eigenvalue weighted by Gasteiger charge is -2.19. The summed E-state index contributed by atoms with van der Waals surface area (Å²) in [5, 5.41) is 1.64. The maximum absolute atomic E-state index is 6.04. The molecule has 0 N–H and O–H groups in total. The summed E-state index contributed by atoms with van der Waals surface area (Å²) in [5.41, 5.74) is 2.86. The molecule has 2 nitrogen and oxygen atoms in total.